The number of hydrogen-bond acceptors (Lipinski definition) is 4. The number of quaternary nitrogens is 2. The SMILES string of the molecule is COC(=O)c1cc(C[NH+]2CC[NH+](CC(=O)Nc3ccccc3Cl)CC2)oc1C. The maximum atomic E-state index is 12.3. The molecule has 8 heteroatoms. The van der Waals surface area contributed by atoms with Crippen LogP contribution in [0.2, 0.25) is 5.02 Å². The number of rotatable bonds is 6. The molecule has 1 saturated heterocycles. The molecule has 2 aromatic rings. The second kappa shape index (κ2) is 9.23. The van der Waals surface area contributed by atoms with E-state index in [1.807, 2.05) is 12.1 Å². The lowest BCUT2D eigenvalue weighted by molar-refractivity contribution is -1.02. The van der Waals surface area contributed by atoms with Crippen LogP contribution in [0.15, 0.2) is 34.7 Å². The Bertz CT molecular complexity index is 844. The number of ether oxygens (including phenoxy) is 1. The number of benzene rings is 1. The number of nitrogens with one attached hydrogen (secondary N) is 3. The number of carbonyl (C=O) groups is 2. The van der Waals surface area contributed by atoms with Crippen LogP contribution in [-0.2, 0) is 16.1 Å². The summed E-state index contributed by atoms with van der Waals surface area (Å²) < 4.78 is 10.5. The lowest BCUT2D eigenvalue weighted by Gasteiger charge is -2.28. The highest BCUT2D eigenvalue weighted by molar-refractivity contribution is 6.33. The summed E-state index contributed by atoms with van der Waals surface area (Å²) in [5.41, 5.74) is 1.13. The zero-order valence-electron chi connectivity index (χ0n) is 16.1. The van der Waals surface area contributed by atoms with Crippen LogP contribution in [0.25, 0.3) is 0 Å². The van der Waals surface area contributed by atoms with Crippen molar-refractivity contribution < 1.29 is 28.5 Å². The Morgan fingerprint density at radius 1 is 1.18 bits per heavy atom. The lowest BCUT2D eigenvalue weighted by atomic mass is 10.2. The molecule has 0 unspecified atom stereocenters. The standard InChI is InChI=1S/C20H24ClN3O4/c1-14-16(20(26)27-2)11-15(28-14)12-23-7-9-24(10-8-23)13-19(25)22-18-6-4-3-5-17(18)21/h3-6,11H,7-10,12-13H2,1-2H3,(H,22,25)/p+2. The Morgan fingerprint density at radius 2 is 1.86 bits per heavy atom. The monoisotopic (exact) mass is 407 g/mol. The smallest absolute Gasteiger partial charge is 0.341 e. The third-order valence-corrected chi connectivity index (χ3v) is 5.35. The summed E-state index contributed by atoms with van der Waals surface area (Å²) in [6.45, 7) is 6.57. The van der Waals surface area contributed by atoms with Crippen molar-refractivity contribution in [2.24, 2.45) is 0 Å². The van der Waals surface area contributed by atoms with Crippen molar-refractivity contribution in [2.75, 3.05) is 45.2 Å². The van der Waals surface area contributed by atoms with E-state index >= 15 is 0 Å². The quantitative estimate of drug-likeness (QED) is 0.587. The summed E-state index contributed by atoms with van der Waals surface area (Å²) >= 11 is 6.09. The molecule has 1 aliphatic rings. The van der Waals surface area contributed by atoms with Crippen molar-refractivity contribution in [3.8, 4) is 0 Å². The van der Waals surface area contributed by atoms with Crippen LogP contribution in [0.4, 0.5) is 5.69 Å². The first-order chi connectivity index (χ1) is 13.5. The van der Waals surface area contributed by atoms with Gasteiger partial charge in [0.2, 0.25) is 0 Å². The molecule has 1 aromatic heterocycles. The largest absolute Gasteiger partial charge is 0.465 e. The molecular weight excluding hydrogens is 382 g/mol. The Morgan fingerprint density at radius 3 is 2.54 bits per heavy atom. The molecule has 3 rings (SSSR count). The minimum Gasteiger partial charge on any atom is -0.465 e. The van der Waals surface area contributed by atoms with Gasteiger partial charge < -0.3 is 24.3 Å². The Labute approximate surface area is 169 Å². The van der Waals surface area contributed by atoms with Crippen molar-refractivity contribution in [2.45, 2.75) is 13.5 Å². The van der Waals surface area contributed by atoms with Crippen LogP contribution in [-0.4, -0.2) is 51.7 Å². The molecule has 0 bridgehead atoms. The van der Waals surface area contributed by atoms with Gasteiger partial charge in [0.15, 0.2) is 12.3 Å². The van der Waals surface area contributed by atoms with E-state index in [-0.39, 0.29) is 11.9 Å². The number of methoxy groups -OCH3 is 1. The fourth-order valence-electron chi connectivity index (χ4n) is 3.48. The van der Waals surface area contributed by atoms with Crippen molar-refractivity contribution in [3.63, 3.8) is 0 Å². The molecule has 0 aliphatic carbocycles. The minimum absolute atomic E-state index is 0.0315. The van der Waals surface area contributed by atoms with E-state index in [0.717, 1.165) is 38.5 Å². The highest BCUT2D eigenvalue weighted by Gasteiger charge is 2.26. The molecule has 1 aromatic carbocycles. The third kappa shape index (κ3) is 5.13. The van der Waals surface area contributed by atoms with Gasteiger partial charge in [0.25, 0.3) is 5.91 Å². The van der Waals surface area contributed by atoms with Gasteiger partial charge in [-0.15, -0.1) is 0 Å². The van der Waals surface area contributed by atoms with E-state index in [9.17, 15) is 9.59 Å². The minimum atomic E-state index is -0.374. The average Bonchev–Trinajstić information content (AvgIpc) is 3.04. The molecule has 0 spiro atoms. The Hall–Kier alpha value is -2.35. The fraction of sp³-hybridized carbons (Fsp3) is 0.400. The molecule has 0 saturated carbocycles. The van der Waals surface area contributed by atoms with E-state index in [1.165, 1.54) is 16.9 Å². The summed E-state index contributed by atoms with van der Waals surface area (Å²) in [6.07, 6.45) is 0. The molecule has 3 N–H and O–H groups in total. The number of aryl methyl sites for hydroxylation is 1. The number of para-hydroxylation sites is 1. The average molecular weight is 408 g/mol. The van der Waals surface area contributed by atoms with E-state index in [1.54, 1.807) is 25.1 Å². The van der Waals surface area contributed by atoms with Crippen molar-refractivity contribution in [3.05, 3.63) is 52.4 Å². The number of esters is 1. The number of amides is 1. The van der Waals surface area contributed by atoms with Gasteiger partial charge in [0.05, 0.1) is 17.8 Å². The Kier molecular flexibility index (Phi) is 6.72. The predicted octanol–water partition coefficient (Wildman–Crippen LogP) is -0.0499. The number of furan rings is 1. The summed E-state index contributed by atoms with van der Waals surface area (Å²) in [6, 6.07) is 9.00. The predicted molar refractivity (Wildman–Crippen MR) is 105 cm³/mol. The van der Waals surface area contributed by atoms with E-state index in [2.05, 4.69) is 5.32 Å². The van der Waals surface area contributed by atoms with E-state index in [4.69, 9.17) is 20.8 Å². The summed E-state index contributed by atoms with van der Waals surface area (Å²) in [5.74, 6) is 0.965. The molecule has 2 heterocycles. The van der Waals surface area contributed by atoms with E-state index in [0.29, 0.717) is 28.6 Å². The molecule has 1 amide bonds. The number of hydrogen-bond donors (Lipinski definition) is 3. The van der Waals surface area contributed by atoms with E-state index < -0.39 is 0 Å². The van der Waals surface area contributed by atoms with Crippen LogP contribution >= 0.6 is 11.6 Å². The molecule has 1 fully saturated rings. The van der Waals surface area contributed by atoms with Crippen LogP contribution in [0.5, 0.6) is 0 Å². The highest BCUT2D eigenvalue weighted by Crippen LogP contribution is 2.20. The fourth-order valence-corrected chi connectivity index (χ4v) is 3.67. The van der Waals surface area contributed by atoms with Gasteiger partial charge in [0.1, 0.15) is 44.0 Å². The Balaban J connectivity index is 1.46. The first kappa shape index (κ1) is 20.4. The molecule has 0 radical (unpaired) electrons. The van der Waals surface area contributed by atoms with Crippen LogP contribution < -0.4 is 15.1 Å². The number of anilines is 1. The van der Waals surface area contributed by atoms with Crippen LogP contribution in [0, 0.1) is 6.92 Å². The van der Waals surface area contributed by atoms with Gasteiger partial charge >= 0.3 is 5.97 Å². The maximum Gasteiger partial charge on any atom is 0.341 e. The summed E-state index contributed by atoms with van der Waals surface area (Å²) in [5, 5.41) is 3.42. The molecule has 0 atom stereocenters. The number of halogens is 1. The maximum absolute atomic E-state index is 12.3. The summed E-state index contributed by atoms with van der Waals surface area (Å²) in [4.78, 5) is 26.6. The lowest BCUT2D eigenvalue weighted by Crippen LogP contribution is -3.28. The van der Waals surface area contributed by atoms with Gasteiger partial charge in [-0.05, 0) is 19.1 Å². The van der Waals surface area contributed by atoms with Crippen LogP contribution in [0.3, 0.4) is 0 Å². The van der Waals surface area contributed by atoms with Gasteiger partial charge in [-0.25, -0.2) is 4.79 Å². The van der Waals surface area contributed by atoms with Gasteiger partial charge in [-0.1, -0.05) is 23.7 Å². The van der Waals surface area contributed by atoms with Gasteiger partial charge in [-0.3, -0.25) is 4.79 Å². The zero-order valence-corrected chi connectivity index (χ0v) is 16.9. The topological polar surface area (TPSA) is 77.4 Å². The molecule has 1 aliphatic heterocycles. The van der Waals surface area contributed by atoms with Gasteiger partial charge in [-0.2, -0.15) is 0 Å². The zero-order chi connectivity index (χ0) is 20.1. The molecule has 28 heavy (non-hydrogen) atoms. The second-order valence-electron chi connectivity index (χ2n) is 7.06. The van der Waals surface area contributed by atoms with Crippen LogP contribution in [0.1, 0.15) is 21.9 Å². The number of carbonyl (C=O) groups excluding carboxylic acids is 2. The van der Waals surface area contributed by atoms with Crippen molar-refractivity contribution in [1.29, 1.82) is 0 Å². The first-order valence-corrected chi connectivity index (χ1v) is 9.73. The normalized spacial score (nSPS) is 19.2. The van der Waals surface area contributed by atoms with Gasteiger partial charge in [0, 0.05) is 6.07 Å². The molecular formula is C20H26ClN3O4+2. The molecule has 150 valence electrons. The molecule has 7 nitrogen and oxygen atoms in total. The van der Waals surface area contributed by atoms with Crippen molar-refractivity contribution >= 4 is 29.2 Å². The third-order valence-electron chi connectivity index (χ3n) is 5.02. The highest BCUT2D eigenvalue weighted by atomic mass is 35.5. The first-order valence-electron chi connectivity index (χ1n) is 9.35. The summed E-state index contributed by atoms with van der Waals surface area (Å²) in [7, 11) is 1.36. The van der Waals surface area contributed by atoms with Crippen molar-refractivity contribution in [1.82, 2.24) is 0 Å². The number of piperazine rings is 1. The second-order valence-corrected chi connectivity index (χ2v) is 7.46.